The summed E-state index contributed by atoms with van der Waals surface area (Å²) in [5.74, 6) is 0.831. The predicted octanol–water partition coefficient (Wildman–Crippen LogP) is 2.37. The van der Waals surface area contributed by atoms with Crippen LogP contribution in [0.4, 0.5) is 5.69 Å². The maximum atomic E-state index is 11.9. The lowest BCUT2D eigenvalue weighted by molar-refractivity contribution is -0.116. The lowest BCUT2D eigenvalue weighted by Crippen LogP contribution is -2.40. The molecule has 0 spiro atoms. The van der Waals surface area contributed by atoms with Gasteiger partial charge in [-0.1, -0.05) is 18.2 Å². The molecule has 5 heteroatoms. The van der Waals surface area contributed by atoms with E-state index < -0.39 is 0 Å². The molecular formula is C16H26ClN3O. The van der Waals surface area contributed by atoms with Crippen LogP contribution in [0, 0.1) is 5.92 Å². The molecule has 1 saturated heterocycles. The van der Waals surface area contributed by atoms with Gasteiger partial charge in [0.25, 0.3) is 0 Å². The second-order valence-corrected chi connectivity index (χ2v) is 5.53. The Morgan fingerprint density at radius 2 is 2.10 bits per heavy atom. The predicted molar refractivity (Wildman–Crippen MR) is 90.0 cm³/mol. The highest BCUT2D eigenvalue weighted by Crippen LogP contribution is 2.16. The normalized spacial score (nSPS) is 18.8. The van der Waals surface area contributed by atoms with E-state index in [1.165, 1.54) is 12.8 Å². The molecule has 1 atom stereocenters. The van der Waals surface area contributed by atoms with Crippen LogP contribution in [0.2, 0.25) is 0 Å². The monoisotopic (exact) mass is 311 g/mol. The zero-order chi connectivity index (χ0) is 14.2. The summed E-state index contributed by atoms with van der Waals surface area (Å²) in [7, 11) is 2.01. The zero-order valence-corrected chi connectivity index (χ0v) is 13.5. The number of nitrogens with zero attached hydrogens (tertiary/aromatic N) is 1. The number of carbonyl (C=O) groups is 1. The van der Waals surface area contributed by atoms with Crippen LogP contribution in [-0.4, -0.2) is 44.0 Å². The van der Waals surface area contributed by atoms with Crippen LogP contribution in [0.5, 0.6) is 0 Å². The molecule has 0 radical (unpaired) electrons. The summed E-state index contributed by atoms with van der Waals surface area (Å²) in [4.78, 5) is 14.3. The van der Waals surface area contributed by atoms with Gasteiger partial charge >= 0.3 is 0 Å². The summed E-state index contributed by atoms with van der Waals surface area (Å²) in [6.07, 6.45) is 3.11. The Balaban J connectivity index is 0.00000220. The summed E-state index contributed by atoms with van der Waals surface area (Å²) in [6, 6.07) is 9.65. The van der Waals surface area contributed by atoms with Gasteiger partial charge in [0.2, 0.25) is 5.91 Å². The van der Waals surface area contributed by atoms with E-state index in [4.69, 9.17) is 0 Å². The van der Waals surface area contributed by atoms with Gasteiger partial charge in [0.05, 0.1) is 0 Å². The number of anilines is 1. The van der Waals surface area contributed by atoms with Crippen molar-refractivity contribution in [3.05, 3.63) is 30.3 Å². The molecule has 1 aliphatic rings. The number of carbonyl (C=O) groups excluding carboxylic acids is 1. The van der Waals surface area contributed by atoms with Gasteiger partial charge in [-0.2, -0.15) is 0 Å². The standard InChI is InChI=1S/C16H25N3O.ClH/c1-17-12-14-6-5-10-19(13-14)11-9-16(20)18-15-7-3-2-4-8-15;/h2-4,7-8,14,17H,5-6,9-13H2,1H3,(H,18,20);1H. The van der Waals surface area contributed by atoms with Gasteiger partial charge in [-0.05, 0) is 51.0 Å². The minimum atomic E-state index is 0. The van der Waals surface area contributed by atoms with Crippen molar-refractivity contribution in [2.75, 3.05) is 38.5 Å². The van der Waals surface area contributed by atoms with Gasteiger partial charge in [-0.3, -0.25) is 4.79 Å². The Morgan fingerprint density at radius 1 is 1.33 bits per heavy atom. The number of likely N-dealkylation sites (tertiary alicyclic amines) is 1. The third-order valence-corrected chi connectivity index (χ3v) is 3.81. The van der Waals surface area contributed by atoms with Gasteiger partial charge in [-0.25, -0.2) is 0 Å². The number of nitrogens with one attached hydrogen (secondary N) is 2. The largest absolute Gasteiger partial charge is 0.326 e. The first-order valence-corrected chi connectivity index (χ1v) is 7.50. The second kappa shape index (κ2) is 9.77. The van der Waals surface area contributed by atoms with Crippen molar-refractivity contribution in [1.82, 2.24) is 10.2 Å². The summed E-state index contributed by atoms with van der Waals surface area (Å²) in [6.45, 7) is 4.17. The molecule has 1 aromatic rings. The highest BCUT2D eigenvalue weighted by atomic mass is 35.5. The molecule has 0 aliphatic carbocycles. The fourth-order valence-electron chi connectivity index (χ4n) is 2.81. The molecular weight excluding hydrogens is 286 g/mol. The Labute approximate surface area is 133 Å². The SMILES string of the molecule is CNCC1CCCN(CCC(=O)Nc2ccccc2)C1.Cl. The minimum absolute atomic E-state index is 0. The van der Waals surface area contributed by atoms with Crippen LogP contribution >= 0.6 is 12.4 Å². The van der Waals surface area contributed by atoms with Crippen molar-refractivity contribution in [2.45, 2.75) is 19.3 Å². The van der Waals surface area contributed by atoms with E-state index in [0.29, 0.717) is 6.42 Å². The lowest BCUT2D eigenvalue weighted by atomic mass is 9.98. The molecule has 0 bridgehead atoms. The molecule has 1 unspecified atom stereocenters. The summed E-state index contributed by atoms with van der Waals surface area (Å²) < 4.78 is 0. The first-order valence-electron chi connectivity index (χ1n) is 7.50. The number of rotatable bonds is 6. The number of hydrogen-bond acceptors (Lipinski definition) is 3. The highest BCUT2D eigenvalue weighted by Gasteiger charge is 2.19. The van der Waals surface area contributed by atoms with E-state index in [1.807, 2.05) is 37.4 Å². The number of halogens is 1. The molecule has 1 aliphatic heterocycles. The maximum absolute atomic E-state index is 11.9. The summed E-state index contributed by atoms with van der Waals surface area (Å²) in [5.41, 5.74) is 0.879. The van der Waals surface area contributed by atoms with Crippen LogP contribution in [0.3, 0.4) is 0 Å². The van der Waals surface area contributed by atoms with E-state index in [1.54, 1.807) is 0 Å². The molecule has 4 nitrogen and oxygen atoms in total. The van der Waals surface area contributed by atoms with Crippen molar-refractivity contribution in [3.8, 4) is 0 Å². The van der Waals surface area contributed by atoms with Gasteiger partial charge in [0.15, 0.2) is 0 Å². The van der Waals surface area contributed by atoms with E-state index in [0.717, 1.165) is 37.8 Å². The van der Waals surface area contributed by atoms with Crippen LogP contribution in [0.1, 0.15) is 19.3 Å². The summed E-state index contributed by atoms with van der Waals surface area (Å²) in [5, 5.41) is 6.19. The van der Waals surface area contributed by atoms with Crippen LogP contribution in [0.15, 0.2) is 30.3 Å². The molecule has 118 valence electrons. The number of para-hydroxylation sites is 1. The molecule has 0 aromatic heterocycles. The van der Waals surface area contributed by atoms with E-state index in [9.17, 15) is 4.79 Å². The van der Waals surface area contributed by atoms with Crippen molar-refractivity contribution < 1.29 is 4.79 Å². The van der Waals surface area contributed by atoms with E-state index >= 15 is 0 Å². The van der Waals surface area contributed by atoms with Crippen molar-refractivity contribution in [1.29, 1.82) is 0 Å². The van der Waals surface area contributed by atoms with E-state index in [-0.39, 0.29) is 18.3 Å². The average molecular weight is 312 g/mol. The zero-order valence-electron chi connectivity index (χ0n) is 12.7. The Morgan fingerprint density at radius 3 is 2.81 bits per heavy atom. The molecule has 2 N–H and O–H groups in total. The van der Waals surface area contributed by atoms with Gasteiger partial charge in [-0.15, -0.1) is 12.4 Å². The number of piperidine rings is 1. The van der Waals surface area contributed by atoms with Crippen LogP contribution in [0.25, 0.3) is 0 Å². The van der Waals surface area contributed by atoms with Crippen LogP contribution in [-0.2, 0) is 4.79 Å². The van der Waals surface area contributed by atoms with Gasteiger partial charge in [0.1, 0.15) is 0 Å². The Bertz CT molecular complexity index is 411. The highest BCUT2D eigenvalue weighted by molar-refractivity contribution is 5.90. The van der Waals surface area contributed by atoms with Crippen molar-refractivity contribution >= 4 is 24.0 Å². The van der Waals surface area contributed by atoms with Gasteiger partial charge in [0, 0.05) is 25.2 Å². The Kier molecular flexibility index (Phi) is 8.35. The number of hydrogen-bond donors (Lipinski definition) is 2. The number of amides is 1. The lowest BCUT2D eigenvalue weighted by Gasteiger charge is -2.32. The Hall–Kier alpha value is -1.10. The fraction of sp³-hybridized carbons (Fsp3) is 0.562. The first-order chi connectivity index (χ1) is 9.78. The van der Waals surface area contributed by atoms with Crippen molar-refractivity contribution in [3.63, 3.8) is 0 Å². The molecule has 1 aromatic carbocycles. The minimum Gasteiger partial charge on any atom is -0.326 e. The molecule has 2 rings (SSSR count). The maximum Gasteiger partial charge on any atom is 0.225 e. The molecule has 1 fully saturated rings. The molecule has 1 heterocycles. The fourth-order valence-corrected chi connectivity index (χ4v) is 2.81. The smallest absolute Gasteiger partial charge is 0.225 e. The average Bonchev–Trinajstić information content (AvgIpc) is 2.47. The van der Waals surface area contributed by atoms with Gasteiger partial charge < -0.3 is 15.5 Å². The number of benzene rings is 1. The first kappa shape index (κ1) is 18.0. The third-order valence-electron chi connectivity index (χ3n) is 3.81. The van der Waals surface area contributed by atoms with E-state index in [2.05, 4.69) is 15.5 Å². The van der Waals surface area contributed by atoms with Crippen LogP contribution < -0.4 is 10.6 Å². The van der Waals surface area contributed by atoms with Crippen molar-refractivity contribution in [2.24, 2.45) is 5.92 Å². The quantitative estimate of drug-likeness (QED) is 0.848. The molecule has 0 saturated carbocycles. The molecule has 21 heavy (non-hydrogen) atoms. The topological polar surface area (TPSA) is 44.4 Å². The molecule has 1 amide bonds. The second-order valence-electron chi connectivity index (χ2n) is 5.53. The summed E-state index contributed by atoms with van der Waals surface area (Å²) >= 11 is 0. The third kappa shape index (κ3) is 6.46.